The molecular formula is C29H48O8. The Kier molecular flexibility index (Phi) is 10.6. The standard InChI is InChI=1S/C29H48O8/c1-5-33-11-10-17(2)12-21(31)14-23-8-9-24-27(35-23)19(4)28-29(36-24)26(32)25(37-28)15-20(30)6-7-22-13-18(3)16-34-22/h17-19,22-29,32H,5-16H2,1-4H3/t17?,18?,19?,22?,23?,24?,25?,26?,27?,28?,29-/m0/s1. The van der Waals surface area contributed by atoms with Crippen molar-refractivity contribution in [2.24, 2.45) is 17.8 Å². The molecule has 4 heterocycles. The molecule has 0 bridgehead atoms. The molecule has 0 aromatic carbocycles. The summed E-state index contributed by atoms with van der Waals surface area (Å²) in [5.41, 5.74) is 0. The molecule has 0 spiro atoms. The Morgan fingerprint density at radius 2 is 1.81 bits per heavy atom. The molecule has 10 unspecified atom stereocenters. The summed E-state index contributed by atoms with van der Waals surface area (Å²) in [6, 6.07) is 0. The molecule has 37 heavy (non-hydrogen) atoms. The third kappa shape index (κ3) is 7.61. The van der Waals surface area contributed by atoms with Crippen molar-refractivity contribution in [1.82, 2.24) is 0 Å². The van der Waals surface area contributed by atoms with Gasteiger partial charge in [0.05, 0.1) is 36.6 Å². The number of Topliss-reactive ketones (excluding diaryl/α,β-unsaturated/α-hetero) is 2. The van der Waals surface area contributed by atoms with Crippen molar-refractivity contribution in [3.63, 3.8) is 0 Å². The first-order valence-electron chi connectivity index (χ1n) is 14.6. The number of ketones is 2. The van der Waals surface area contributed by atoms with E-state index in [1.165, 1.54) is 0 Å². The maximum Gasteiger partial charge on any atom is 0.135 e. The molecule has 212 valence electrons. The molecule has 4 aliphatic heterocycles. The van der Waals surface area contributed by atoms with Gasteiger partial charge in [-0.25, -0.2) is 0 Å². The van der Waals surface area contributed by atoms with Gasteiger partial charge in [0, 0.05) is 51.4 Å². The first kappa shape index (κ1) is 29.1. The van der Waals surface area contributed by atoms with Crippen LogP contribution >= 0.6 is 0 Å². The second-order valence-electron chi connectivity index (χ2n) is 12.0. The van der Waals surface area contributed by atoms with E-state index in [-0.39, 0.29) is 54.4 Å². The maximum absolute atomic E-state index is 12.7. The van der Waals surface area contributed by atoms with Gasteiger partial charge in [0.15, 0.2) is 0 Å². The van der Waals surface area contributed by atoms with Crippen LogP contribution in [0.1, 0.15) is 85.5 Å². The minimum atomic E-state index is -0.822. The third-order valence-corrected chi connectivity index (χ3v) is 8.68. The molecule has 4 saturated heterocycles. The van der Waals surface area contributed by atoms with Gasteiger partial charge in [-0.15, -0.1) is 0 Å². The summed E-state index contributed by atoms with van der Waals surface area (Å²) in [5, 5.41) is 11.0. The zero-order chi connectivity index (χ0) is 26.5. The molecule has 11 atom stereocenters. The van der Waals surface area contributed by atoms with Crippen molar-refractivity contribution in [2.45, 2.75) is 134 Å². The quantitative estimate of drug-likeness (QED) is 0.365. The van der Waals surface area contributed by atoms with Gasteiger partial charge >= 0.3 is 0 Å². The Labute approximate surface area is 222 Å². The van der Waals surface area contributed by atoms with Gasteiger partial charge in [-0.2, -0.15) is 0 Å². The van der Waals surface area contributed by atoms with Gasteiger partial charge in [-0.3, -0.25) is 9.59 Å². The van der Waals surface area contributed by atoms with E-state index < -0.39 is 18.3 Å². The highest BCUT2D eigenvalue weighted by atomic mass is 16.6. The number of rotatable bonds is 13. The summed E-state index contributed by atoms with van der Waals surface area (Å²) >= 11 is 0. The Bertz CT molecular complexity index is 758. The smallest absolute Gasteiger partial charge is 0.135 e. The van der Waals surface area contributed by atoms with E-state index in [0.717, 1.165) is 38.7 Å². The lowest BCUT2D eigenvalue weighted by Gasteiger charge is -2.47. The van der Waals surface area contributed by atoms with Crippen molar-refractivity contribution in [2.75, 3.05) is 19.8 Å². The maximum atomic E-state index is 12.7. The van der Waals surface area contributed by atoms with Gasteiger partial charge in [0.25, 0.3) is 0 Å². The predicted octanol–water partition coefficient (Wildman–Crippen LogP) is 3.64. The summed E-state index contributed by atoms with van der Waals surface area (Å²) in [6.07, 6.45) is 3.43. The first-order chi connectivity index (χ1) is 17.7. The number of carbonyl (C=O) groups is 2. The number of carbonyl (C=O) groups excluding carboxylic acids is 2. The second-order valence-corrected chi connectivity index (χ2v) is 12.0. The second kappa shape index (κ2) is 13.4. The van der Waals surface area contributed by atoms with Gasteiger partial charge < -0.3 is 28.8 Å². The molecule has 0 aromatic heterocycles. The van der Waals surface area contributed by atoms with Crippen LogP contribution in [0.3, 0.4) is 0 Å². The summed E-state index contributed by atoms with van der Waals surface area (Å²) < 4.78 is 30.1. The van der Waals surface area contributed by atoms with Crippen molar-refractivity contribution >= 4 is 11.6 Å². The fraction of sp³-hybridized carbons (Fsp3) is 0.931. The van der Waals surface area contributed by atoms with Gasteiger partial charge in [-0.1, -0.05) is 20.8 Å². The topological polar surface area (TPSA) is 101 Å². The Balaban J connectivity index is 1.23. The van der Waals surface area contributed by atoms with Crippen LogP contribution in [0.5, 0.6) is 0 Å². The van der Waals surface area contributed by atoms with Crippen molar-refractivity contribution < 1.29 is 38.4 Å². The number of ether oxygens (including phenoxy) is 5. The lowest BCUT2D eigenvalue weighted by atomic mass is 9.82. The first-order valence-corrected chi connectivity index (χ1v) is 14.6. The van der Waals surface area contributed by atoms with Crippen LogP contribution in [0.2, 0.25) is 0 Å². The summed E-state index contributed by atoms with van der Waals surface area (Å²) in [7, 11) is 0. The number of hydrogen-bond acceptors (Lipinski definition) is 8. The van der Waals surface area contributed by atoms with Gasteiger partial charge in [0.1, 0.15) is 23.8 Å². The van der Waals surface area contributed by atoms with E-state index in [4.69, 9.17) is 23.7 Å². The van der Waals surface area contributed by atoms with E-state index in [0.29, 0.717) is 44.3 Å². The normalized spacial score (nSPS) is 40.2. The fourth-order valence-corrected chi connectivity index (χ4v) is 6.55. The molecule has 0 aliphatic carbocycles. The lowest BCUT2D eigenvalue weighted by Crippen LogP contribution is -2.57. The van der Waals surface area contributed by atoms with E-state index in [1.54, 1.807) is 0 Å². The average molecular weight is 525 g/mol. The zero-order valence-corrected chi connectivity index (χ0v) is 23.1. The summed E-state index contributed by atoms with van der Waals surface area (Å²) in [4.78, 5) is 25.3. The highest BCUT2D eigenvalue weighted by Gasteiger charge is 2.55. The van der Waals surface area contributed by atoms with Crippen molar-refractivity contribution in [1.29, 1.82) is 0 Å². The Morgan fingerprint density at radius 1 is 1.00 bits per heavy atom. The van der Waals surface area contributed by atoms with Crippen LogP contribution < -0.4 is 0 Å². The van der Waals surface area contributed by atoms with Crippen molar-refractivity contribution in [3.05, 3.63) is 0 Å². The third-order valence-electron chi connectivity index (χ3n) is 8.68. The van der Waals surface area contributed by atoms with Gasteiger partial charge in [0.2, 0.25) is 0 Å². The van der Waals surface area contributed by atoms with E-state index >= 15 is 0 Å². The molecule has 4 rings (SSSR count). The Hall–Kier alpha value is -0.900. The number of fused-ring (bicyclic) bond motifs is 2. The highest BCUT2D eigenvalue weighted by Crippen LogP contribution is 2.43. The highest BCUT2D eigenvalue weighted by molar-refractivity contribution is 5.79. The minimum absolute atomic E-state index is 0.00916. The largest absolute Gasteiger partial charge is 0.388 e. The molecule has 4 fully saturated rings. The molecule has 0 radical (unpaired) electrons. The van der Waals surface area contributed by atoms with Gasteiger partial charge in [-0.05, 0) is 50.9 Å². The lowest BCUT2D eigenvalue weighted by molar-refractivity contribution is -0.239. The number of hydrogen-bond donors (Lipinski definition) is 1. The molecule has 0 aromatic rings. The number of aliphatic hydroxyl groups excluding tert-OH is 1. The zero-order valence-electron chi connectivity index (χ0n) is 23.1. The molecule has 1 N–H and O–H groups in total. The van der Waals surface area contributed by atoms with Crippen LogP contribution in [-0.4, -0.2) is 85.3 Å². The molecular weight excluding hydrogens is 476 g/mol. The SMILES string of the molecule is CCOCCC(C)CC(=O)CC1CCC2O[C@H]3C(O)C(CC(=O)CCC4CC(C)CO4)OC3C(C)C2O1. The van der Waals surface area contributed by atoms with Crippen LogP contribution in [0.4, 0.5) is 0 Å². The fourth-order valence-electron chi connectivity index (χ4n) is 6.55. The predicted molar refractivity (Wildman–Crippen MR) is 137 cm³/mol. The van der Waals surface area contributed by atoms with Crippen LogP contribution in [0, 0.1) is 17.8 Å². The molecule has 8 nitrogen and oxygen atoms in total. The summed E-state index contributed by atoms with van der Waals surface area (Å²) in [6.45, 7) is 10.5. The van der Waals surface area contributed by atoms with E-state index in [9.17, 15) is 14.7 Å². The summed E-state index contributed by atoms with van der Waals surface area (Å²) in [5.74, 6) is 1.20. The monoisotopic (exact) mass is 524 g/mol. The minimum Gasteiger partial charge on any atom is -0.388 e. The van der Waals surface area contributed by atoms with Crippen LogP contribution in [-0.2, 0) is 33.3 Å². The van der Waals surface area contributed by atoms with Crippen LogP contribution in [0.25, 0.3) is 0 Å². The molecule has 4 aliphatic rings. The van der Waals surface area contributed by atoms with E-state index in [1.807, 2.05) is 6.92 Å². The molecule has 0 saturated carbocycles. The van der Waals surface area contributed by atoms with Crippen molar-refractivity contribution in [3.8, 4) is 0 Å². The molecule has 0 amide bonds. The Morgan fingerprint density at radius 3 is 2.54 bits per heavy atom. The van der Waals surface area contributed by atoms with E-state index in [2.05, 4.69) is 20.8 Å². The average Bonchev–Trinajstić information content (AvgIpc) is 3.41. The molecule has 8 heteroatoms. The van der Waals surface area contributed by atoms with Crippen LogP contribution in [0.15, 0.2) is 0 Å². The number of aliphatic hydroxyl groups is 1.